The van der Waals surface area contributed by atoms with E-state index >= 15 is 0 Å². The molecule has 106 valence electrons. The number of aliphatic hydroxyl groups excluding tert-OH is 1. The van der Waals surface area contributed by atoms with Crippen LogP contribution in [0.15, 0.2) is 11.6 Å². The number of carbonyl (C=O) groups excluding carboxylic acids is 3. The standard InChI is InChI=1S/C12H17NO5S/c1-8(14)13-7-18-12(17)2-3-19-6-9-4-10(15)5-11(9)16/h4,10,15H,2-3,5-7H2,1H3,(H,13,14)/t10-/m0/s1. The summed E-state index contributed by atoms with van der Waals surface area (Å²) >= 11 is 1.44. The molecule has 1 aliphatic rings. The Morgan fingerprint density at radius 3 is 2.89 bits per heavy atom. The molecule has 0 unspecified atom stereocenters. The van der Waals surface area contributed by atoms with E-state index in [2.05, 4.69) is 5.32 Å². The van der Waals surface area contributed by atoms with Gasteiger partial charge in [0.15, 0.2) is 12.5 Å². The number of hydrogen-bond donors (Lipinski definition) is 2. The third kappa shape index (κ3) is 6.40. The van der Waals surface area contributed by atoms with Crippen LogP contribution in [0.1, 0.15) is 19.8 Å². The monoisotopic (exact) mass is 287 g/mol. The third-order valence-corrected chi connectivity index (χ3v) is 3.42. The molecule has 0 aromatic heterocycles. The molecule has 1 atom stereocenters. The highest BCUT2D eigenvalue weighted by Crippen LogP contribution is 2.19. The van der Waals surface area contributed by atoms with Crippen molar-refractivity contribution in [3.63, 3.8) is 0 Å². The van der Waals surface area contributed by atoms with Gasteiger partial charge in [-0.2, -0.15) is 11.8 Å². The molecule has 0 radical (unpaired) electrons. The Bertz CT molecular complexity index is 394. The van der Waals surface area contributed by atoms with E-state index < -0.39 is 12.1 Å². The summed E-state index contributed by atoms with van der Waals surface area (Å²) in [6, 6.07) is 0. The molecule has 0 saturated carbocycles. The molecule has 0 bridgehead atoms. The molecule has 1 rings (SSSR count). The first-order valence-electron chi connectivity index (χ1n) is 5.89. The van der Waals surface area contributed by atoms with Crippen molar-refractivity contribution in [3.8, 4) is 0 Å². The number of hydrogen-bond acceptors (Lipinski definition) is 6. The highest BCUT2D eigenvalue weighted by molar-refractivity contribution is 7.99. The van der Waals surface area contributed by atoms with Gasteiger partial charge in [-0.05, 0) is 6.08 Å². The number of Topliss-reactive ketones (excluding diaryl/α,β-unsaturated/α-hetero) is 1. The van der Waals surface area contributed by atoms with Gasteiger partial charge in [-0.25, -0.2) is 0 Å². The van der Waals surface area contributed by atoms with Gasteiger partial charge in [-0.1, -0.05) is 0 Å². The van der Waals surface area contributed by atoms with E-state index in [0.717, 1.165) is 0 Å². The molecule has 0 heterocycles. The van der Waals surface area contributed by atoms with Crippen LogP contribution < -0.4 is 5.32 Å². The number of ether oxygens (including phenoxy) is 1. The van der Waals surface area contributed by atoms with Crippen LogP contribution in [-0.4, -0.2) is 47.1 Å². The molecule has 0 aromatic carbocycles. The second-order valence-electron chi connectivity index (χ2n) is 4.08. The fourth-order valence-corrected chi connectivity index (χ4v) is 2.39. The molecule has 0 spiro atoms. The van der Waals surface area contributed by atoms with Crippen molar-refractivity contribution in [3.05, 3.63) is 11.6 Å². The van der Waals surface area contributed by atoms with Gasteiger partial charge in [0.1, 0.15) is 0 Å². The van der Waals surface area contributed by atoms with Crippen LogP contribution in [0.3, 0.4) is 0 Å². The van der Waals surface area contributed by atoms with Gasteiger partial charge in [0, 0.05) is 30.4 Å². The summed E-state index contributed by atoms with van der Waals surface area (Å²) in [4.78, 5) is 33.1. The molecule has 19 heavy (non-hydrogen) atoms. The summed E-state index contributed by atoms with van der Waals surface area (Å²) in [6.45, 7) is 1.22. The maximum atomic E-state index is 11.3. The molecule has 1 amide bonds. The van der Waals surface area contributed by atoms with Crippen LogP contribution >= 0.6 is 11.8 Å². The lowest BCUT2D eigenvalue weighted by Gasteiger charge is -2.05. The lowest BCUT2D eigenvalue weighted by atomic mass is 10.2. The fraction of sp³-hybridized carbons (Fsp3) is 0.583. The van der Waals surface area contributed by atoms with Gasteiger partial charge in [0.05, 0.1) is 12.5 Å². The van der Waals surface area contributed by atoms with E-state index in [1.807, 2.05) is 0 Å². The first-order chi connectivity index (χ1) is 8.99. The van der Waals surface area contributed by atoms with Crippen LogP contribution in [0.4, 0.5) is 0 Å². The summed E-state index contributed by atoms with van der Waals surface area (Å²) in [5.74, 6) is 0.336. The van der Waals surface area contributed by atoms with Gasteiger partial charge in [0.25, 0.3) is 0 Å². The van der Waals surface area contributed by atoms with E-state index in [1.165, 1.54) is 18.7 Å². The van der Waals surface area contributed by atoms with Crippen molar-refractivity contribution < 1.29 is 24.2 Å². The number of aliphatic hydroxyl groups is 1. The van der Waals surface area contributed by atoms with Crippen molar-refractivity contribution in [2.45, 2.75) is 25.9 Å². The van der Waals surface area contributed by atoms with Gasteiger partial charge in [0.2, 0.25) is 5.91 Å². The Kier molecular flexibility index (Phi) is 6.58. The van der Waals surface area contributed by atoms with Gasteiger partial charge >= 0.3 is 5.97 Å². The van der Waals surface area contributed by atoms with Crippen LogP contribution in [0.2, 0.25) is 0 Å². The first-order valence-corrected chi connectivity index (χ1v) is 7.04. The van der Waals surface area contributed by atoms with Crippen molar-refractivity contribution in [2.75, 3.05) is 18.2 Å². The fourth-order valence-electron chi connectivity index (χ4n) is 1.46. The van der Waals surface area contributed by atoms with E-state index in [-0.39, 0.29) is 31.3 Å². The third-order valence-electron chi connectivity index (χ3n) is 2.41. The Hall–Kier alpha value is -1.34. The number of esters is 1. The molecule has 0 aromatic rings. The zero-order valence-corrected chi connectivity index (χ0v) is 11.5. The van der Waals surface area contributed by atoms with Gasteiger partial charge < -0.3 is 15.2 Å². The molecule has 0 aliphatic heterocycles. The quantitative estimate of drug-likeness (QED) is 0.389. The topological polar surface area (TPSA) is 92.7 Å². The number of amides is 1. The van der Waals surface area contributed by atoms with Gasteiger partial charge in [-0.3, -0.25) is 14.4 Å². The molecule has 1 aliphatic carbocycles. The Morgan fingerprint density at radius 2 is 2.32 bits per heavy atom. The highest BCUT2D eigenvalue weighted by atomic mass is 32.2. The maximum absolute atomic E-state index is 11.3. The van der Waals surface area contributed by atoms with E-state index in [0.29, 0.717) is 17.1 Å². The molecule has 2 N–H and O–H groups in total. The lowest BCUT2D eigenvalue weighted by molar-refractivity contribution is -0.144. The minimum absolute atomic E-state index is 0.0340. The average molecular weight is 287 g/mol. The molecule has 6 nitrogen and oxygen atoms in total. The molecular weight excluding hydrogens is 270 g/mol. The maximum Gasteiger partial charge on any atom is 0.308 e. The van der Waals surface area contributed by atoms with E-state index in [9.17, 15) is 19.5 Å². The Labute approximate surface area is 115 Å². The second kappa shape index (κ2) is 7.96. The van der Waals surface area contributed by atoms with Crippen LogP contribution in [0.5, 0.6) is 0 Å². The van der Waals surface area contributed by atoms with E-state index in [1.54, 1.807) is 6.08 Å². The smallest absolute Gasteiger partial charge is 0.308 e. The second-order valence-corrected chi connectivity index (χ2v) is 5.19. The number of carbonyl (C=O) groups is 3. The van der Waals surface area contributed by atoms with Crippen LogP contribution in [-0.2, 0) is 19.1 Å². The van der Waals surface area contributed by atoms with Crippen molar-refractivity contribution in [2.24, 2.45) is 0 Å². The zero-order chi connectivity index (χ0) is 14.3. The largest absolute Gasteiger partial charge is 0.444 e. The van der Waals surface area contributed by atoms with Crippen molar-refractivity contribution in [1.82, 2.24) is 5.32 Å². The van der Waals surface area contributed by atoms with Crippen molar-refractivity contribution in [1.29, 1.82) is 0 Å². The molecule has 0 fully saturated rings. The van der Waals surface area contributed by atoms with Crippen LogP contribution in [0.25, 0.3) is 0 Å². The lowest BCUT2D eigenvalue weighted by Crippen LogP contribution is -2.25. The predicted octanol–water partition coefficient (Wildman–Crippen LogP) is 0.00660. The number of thioether (sulfide) groups is 1. The molecular formula is C12H17NO5S. The number of nitrogens with one attached hydrogen (secondary N) is 1. The zero-order valence-electron chi connectivity index (χ0n) is 10.7. The SMILES string of the molecule is CC(=O)NCOC(=O)CCSCC1=C[C@H](O)CC1=O. The average Bonchev–Trinajstić information content (AvgIpc) is 2.63. The van der Waals surface area contributed by atoms with E-state index in [4.69, 9.17) is 4.74 Å². The number of rotatable bonds is 7. The first kappa shape index (κ1) is 15.7. The summed E-state index contributed by atoms with van der Waals surface area (Å²) in [6.07, 6.45) is 1.28. The Balaban J connectivity index is 2.07. The molecule has 7 heteroatoms. The van der Waals surface area contributed by atoms with Gasteiger partial charge in [-0.15, -0.1) is 0 Å². The molecule has 0 saturated heterocycles. The Morgan fingerprint density at radius 1 is 1.58 bits per heavy atom. The minimum atomic E-state index is -0.661. The normalized spacial score (nSPS) is 18.1. The highest BCUT2D eigenvalue weighted by Gasteiger charge is 2.21. The summed E-state index contributed by atoms with van der Waals surface area (Å²) in [5, 5.41) is 11.6. The summed E-state index contributed by atoms with van der Waals surface area (Å²) in [5.41, 5.74) is 0.615. The summed E-state index contributed by atoms with van der Waals surface area (Å²) in [7, 11) is 0. The van der Waals surface area contributed by atoms with Crippen LogP contribution in [0, 0.1) is 0 Å². The minimum Gasteiger partial charge on any atom is -0.444 e. The predicted molar refractivity (Wildman–Crippen MR) is 70.4 cm³/mol. The van der Waals surface area contributed by atoms with Crippen molar-refractivity contribution >= 4 is 29.4 Å². The summed E-state index contributed by atoms with van der Waals surface area (Å²) < 4.78 is 4.76. The number of ketones is 1.